The molecule has 2 N–H and O–H groups in total. The smallest absolute Gasteiger partial charge is 0.262 e. The number of nitrogens with one attached hydrogen (secondary N) is 1. The van der Waals surface area contributed by atoms with Crippen molar-refractivity contribution in [1.29, 1.82) is 0 Å². The maximum atomic E-state index is 13.5. The number of methoxy groups -OCH3 is 2. The number of carbonyl (C=O) groups excluding carboxylic acids is 1. The van der Waals surface area contributed by atoms with E-state index in [1.807, 2.05) is 36.4 Å². The molecule has 1 heterocycles. The number of halogens is 1. The summed E-state index contributed by atoms with van der Waals surface area (Å²) in [5, 5.41) is 13.6. The van der Waals surface area contributed by atoms with Gasteiger partial charge >= 0.3 is 0 Å². The fourth-order valence-electron chi connectivity index (χ4n) is 3.47. The van der Waals surface area contributed by atoms with Gasteiger partial charge in [-0.2, -0.15) is 0 Å². The standard InChI is InChI=1S/C22H19ClN2O4/c1-28-18-10-6-5-9-17(18)25-21(13-11-15(23)20(26)19(12-13)29-2)24-16-8-4-3-7-14(16)22(25)27/h3-12,21,24,26H,1-2H3/t21-/m0/s1. The molecule has 29 heavy (non-hydrogen) atoms. The summed E-state index contributed by atoms with van der Waals surface area (Å²) in [5.41, 5.74) is 2.51. The number of carbonyl (C=O) groups is 1. The van der Waals surface area contributed by atoms with Crippen molar-refractivity contribution >= 4 is 28.9 Å². The van der Waals surface area contributed by atoms with E-state index in [9.17, 15) is 9.90 Å². The summed E-state index contributed by atoms with van der Waals surface area (Å²) in [4.78, 5) is 15.1. The Hall–Kier alpha value is -3.38. The summed E-state index contributed by atoms with van der Waals surface area (Å²) < 4.78 is 10.7. The van der Waals surface area contributed by atoms with Crippen LogP contribution in [-0.4, -0.2) is 25.2 Å². The van der Waals surface area contributed by atoms with E-state index in [0.29, 0.717) is 28.3 Å². The van der Waals surface area contributed by atoms with Crippen LogP contribution in [0, 0.1) is 0 Å². The molecular weight excluding hydrogens is 392 g/mol. The Morgan fingerprint density at radius 3 is 2.45 bits per heavy atom. The fourth-order valence-corrected chi connectivity index (χ4v) is 3.69. The molecule has 7 heteroatoms. The molecule has 148 valence electrons. The number of ether oxygens (including phenoxy) is 2. The van der Waals surface area contributed by atoms with Crippen LogP contribution < -0.4 is 19.7 Å². The van der Waals surface area contributed by atoms with Crippen molar-refractivity contribution in [1.82, 2.24) is 0 Å². The van der Waals surface area contributed by atoms with Gasteiger partial charge in [0, 0.05) is 11.3 Å². The normalized spacial score (nSPS) is 15.5. The lowest BCUT2D eigenvalue weighted by Crippen LogP contribution is -2.43. The van der Waals surface area contributed by atoms with Gasteiger partial charge in [-0.25, -0.2) is 0 Å². The van der Waals surface area contributed by atoms with E-state index >= 15 is 0 Å². The monoisotopic (exact) mass is 410 g/mol. The first-order valence-electron chi connectivity index (χ1n) is 8.93. The number of phenols is 1. The number of para-hydroxylation sites is 3. The molecule has 3 aromatic carbocycles. The Bertz CT molecular complexity index is 1090. The third-order valence-electron chi connectivity index (χ3n) is 4.86. The van der Waals surface area contributed by atoms with Crippen molar-refractivity contribution in [3.8, 4) is 17.2 Å². The topological polar surface area (TPSA) is 71.0 Å². The number of phenolic OH excluding ortho intramolecular Hbond substituents is 1. The summed E-state index contributed by atoms with van der Waals surface area (Å²) in [7, 11) is 3.01. The highest BCUT2D eigenvalue weighted by molar-refractivity contribution is 6.32. The molecule has 1 aliphatic rings. The van der Waals surface area contributed by atoms with Gasteiger partial charge in [0.05, 0.1) is 30.5 Å². The van der Waals surface area contributed by atoms with Crippen molar-refractivity contribution in [2.75, 3.05) is 24.4 Å². The van der Waals surface area contributed by atoms with Crippen LogP contribution in [0.4, 0.5) is 11.4 Å². The summed E-state index contributed by atoms with van der Waals surface area (Å²) in [6, 6.07) is 17.9. The third-order valence-corrected chi connectivity index (χ3v) is 5.15. The van der Waals surface area contributed by atoms with Crippen LogP contribution in [0.3, 0.4) is 0 Å². The van der Waals surface area contributed by atoms with E-state index in [-0.39, 0.29) is 22.4 Å². The Morgan fingerprint density at radius 2 is 1.69 bits per heavy atom. The molecule has 0 fully saturated rings. The van der Waals surface area contributed by atoms with Crippen molar-refractivity contribution in [2.24, 2.45) is 0 Å². The van der Waals surface area contributed by atoms with E-state index < -0.39 is 6.17 Å². The number of amides is 1. The SMILES string of the molecule is COc1ccccc1N1C(=O)c2ccccc2N[C@@H]1c1cc(Cl)c(O)c(OC)c1. The molecular formula is C22H19ClN2O4. The van der Waals surface area contributed by atoms with Crippen LogP contribution in [0.5, 0.6) is 17.2 Å². The third kappa shape index (κ3) is 3.21. The lowest BCUT2D eigenvalue weighted by molar-refractivity contribution is 0.0974. The van der Waals surface area contributed by atoms with Crippen molar-refractivity contribution in [3.05, 3.63) is 76.8 Å². The molecule has 3 aromatic rings. The minimum Gasteiger partial charge on any atom is -0.503 e. The number of anilines is 2. The number of aromatic hydroxyl groups is 1. The van der Waals surface area contributed by atoms with Gasteiger partial charge in [-0.15, -0.1) is 0 Å². The zero-order chi connectivity index (χ0) is 20.5. The predicted molar refractivity (Wildman–Crippen MR) is 112 cm³/mol. The number of hydrogen-bond donors (Lipinski definition) is 2. The molecule has 1 aliphatic heterocycles. The van der Waals surface area contributed by atoms with Crippen LogP contribution >= 0.6 is 11.6 Å². The lowest BCUT2D eigenvalue weighted by atomic mass is 10.0. The molecule has 0 bridgehead atoms. The summed E-state index contributed by atoms with van der Waals surface area (Å²) in [5.74, 6) is 0.450. The molecule has 0 saturated heterocycles. The Morgan fingerprint density at radius 1 is 1.00 bits per heavy atom. The first-order chi connectivity index (χ1) is 14.0. The second kappa shape index (κ2) is 7.56. The number of benzene rings is 3. The molecule has 0 aromatic heterocycles. The number of hydrogen-bond acceptors (Lipinski definition) is 5. The Kier molecular flexibility index (Phi) is 4.94. The van der Waals surface area contributed by atoms with Crippen molar-refractivity contribution in [2.45, 2.75) is 6.17 Å². The average Bonchev–Trinajstić information content (AvgIpc) is 2.75. The van der Waals surface area contributed by atoms with Crippen LogP contribution in [0.1, 0.15) is 22.1 Å². The zero-order valence-corrected chi connectivity index (χ0v) is 16.6. The largest absolute Gasteiger partial charge is 0.503 e. The van der Waals surface area contributed by atoms with Crippen molar-refractivity contribution < 1.29 is 19.4 Å². The first kappa shape index (κ1) is 19.0. The summed E-state index contributed by atoms with van der Waals surface area (Å²) in [6.45, 7) is 0. The van der Waals surface area contributed by atoms with E-state index in [1.54, 1.807) is 36.3 Å². The van der Waals surface area contributed by atoms with Crippen LogP contribution in [-0.2, 0) is 0 Å². The molecule has 0 spiro atoms. The maximum absolute atomic E-state index is 13.5. The molecule has 0 saturated carbocycles. The quantitative estimate of drug-likeness (QED) is 0.644. The van der Waals surface area contributed by atoms with Crippen LogP contribution in [0.2, 0.25) is 5.02 Å². The van der Waals surface area contributed by atoms with Gasteiger partial charge in [0.1, 0.15) is 11.9 Å². The van der Waals surface area contributed by atoms with E-state index in [4.69, 9.17) is 21.1 Å². The second-order valence-electron chi connectivity index (χ2n) is 6.49. The first-order valence-corrected chi connectivity index (χ1v) is 9.31. The average molecular weight is 411 g/mol. The highest BCUT2D eigenvalue weighted by atomic mass is 35.5. The van der Waals surface area contributed by atoms with Gasteiger partial charge in [-0.1, -0.05) is 35.9 Å². The van der Waals surface area contributed by atoms with E-state index in [2.05, 4.69) is 5.32 Å². The van der Waals surface area contributed by atoms with E-state index in [1.165, 1.54) is 7.11 Å². The van der Waals surface area contributed by atoms with Gasteiger partial charge in [0.2, 0.25) is 0 Å². The van der Waals surface area contributed by atoms with Gasteiger partial charge in [-0.3, -0.25) is 9.69 Å². The molecule has 4 rings (SSSR count). The van der Waals surface area contributed by atoms with Gasteiger partial charge in [0.15, 0.2) is 11.5 Å². The van der Waals surface area contributed by atoms with Crippen molar-refractivity contribution in [3.63, 3.8) is 0 Å². The fraction of sp³-hybridized carbons (Fsp3) is 0.136. The van der Waals surface area contributed by atoms with Gasteiger partial charge in [-0.05, 0) is 36.4 Å². The van der Waals surface area contributed by atoms with E-state index in [0.717, 1.165) is 0 Å². The van der Waals surface area contributed by atoms with Gasteiger partial charge in [0.25, 0.3) is 5.91 Å². The molecule has 6 nitrogen and oxygen atoms in total. The molecule has 1 amide bonds. The Balaban J connectivity index is 1.93. The number of rotatable bonds is 4. The number of nitrogens with zero attached hydrogens (tertiary/aromatic N) is 1. The minimum atomic E-state index is -0.597. The molecule has 0 unspecified atom stereocenters. The lowest BCUT2D eigenvalue weighted by Gasteiger charge is -2.38. The highest BCUT2D eigenvalue weighted by Gasteiger charge is 2.36. The minimum absolute atomic E-state index is 0.132. The highest BCUT2D eigenvalue weighted by Crippen LogP contribution is 2.43. The number of fused-ring (bicyclic) bond motifs is 1. The van der Waals surface area contributed by atoms with Gasteiger partial charge < -0.3 is 19.9 Å². The second-order valence-corrected chi connectivity index (χ2v) is 6.90. The molecule has 0 aliphatic carbocycles. The maximum Gasteiger partial charge on any atom is 0.262 e. The molecule has 1 atom stereocenters. The Labute approximate surface area is 173 Å². The molecule has 0 radical (unpaired) electrons. The van der Waals surface area contributed by atoms with Crippen LogP contribution in [0.15, 0.2) is 60.7 Å². The van der Waals surface area contributed by atoms with Crippen LogP contribution in [0.25, 0.3) is 0 Å². The zero-order valence-electron chi connectivity index (χ0n) is 15.8. The summed E-state index contributed by atoms with van der Waals surface area (Å²) in [6.07, 6.45) is -0.597. The summed E-state index contributed by atoms with van der Waals surface area (Å²) >= 11 is 6.22. The predicted octanol–water partition coefficient (Wildman–Crippen LogP) is 4.83.